The Kier molecular flexibility index (Phi) is 2.40. The zero-order chi connectivity index (χ0) is 3.41. The molecule has 0 bridgehead atoms. The van der Waals surface area contributed by atoms with Crippen LogP contribution in [0, 0.1) is 11.5 Å². The molecule has 4 heavy (non-hydrogen) atoms. The molecule has 0 unspecified atom stereocenters. The van der Waals surface area contributed by atoms with Gasteiger partial charge < -0.3 is 0 Å². The number of nitrogens with zero attached hydrogens (tertiary/aromatic N) is 2. The summed E-state index contributed by atoms with van der Waals surface area (Å²) in [6, 6.07) is 0. The second kappa shape index (κ2) is 2.64. The topological polar surface area (TPSA) is 36.1 Å². The number of rotatable bonds is 0. The van der Waals surface area contributed by atoms with Crippen molar-refractivity contribution in [2.45, 2.75) is 0 Å². The standard InChI is InChI=1S/CH4N2S/c2-1-3-4/h4H4. The molecule has 0 rings (SSSR count). The monoisotopic (exact) mass is 76.0 g/mol. The van der Waals surface area contributed by atoms with Crippen molar-refractivity contribution in [1.82, 2.24) is 0 Å². The molecule has 0 saturated carbocycles. The summed E-state index contributed by atoms with van der Waals surface area (Å²) in [7, 11) is 0. The Bertz CT molecular complexity index is 51.5. The summed E-state index contributed by atoms with van der Waals surface area (Å²) < 4.78 is 3.07. The van der Waals surface area contributed by atoms with E-state index < -0.39 is 0 Å². The first-order valence-corrected chi connectivity index (χ1v) is 1.40. The van der Waals surface area contributed by atoms with Gasteiger partial charge in [0.1, 0.15) is 0 Å². The third kappa shape index (κ3) is 1.64. The van der Waals surface area contributed by atoms with Gasteiger partial charge in [0.2, 0.25) is 6.19 Å². The van der Waals surface area contributed by atoms with E-state index in [1.54, 1.807) is 6.19 Å². The number of hydrogen-bond acceptors (Lipinski definition) is 2. The second-order valence-corrected chi connectivity index (χ2v) is 0.574. The van der Waals surface area contributed by atoms with Gasteiger partial charge >= 0.3 is 0 Å². The van der Waals surface area contributed by atoms with Crippen molar-refractivity contribution < 1.29 is 0 Å². The lowest BCUT2D eigenvalue weighted by Crippen LogP contribution is -1.24. The largest absolute Gasteiger partial charge is 0.209 e. The molecule has 0 atom stereocenters. The molecule has 0 fully saturated rings. The van der Waals surface area contributed by atoms with Crippen molar-refractivity contribution in [2.75, 3.05) is 0 Å². The molecule has 24 valence electrons. The van der Waals surface area contributed by atoms with E-state index in [9.17, 15) is 0 Å². The Morgan fingerprint density at radius 3 is 2.25 bits per heavy atom. The van der Waals surface area contributed by atoms with Gasteiger partial charge in [0, 0.05) is 0 Å². The summed E-state index contributed by atoms with van der Waals surface area (Å²) >= 11 is 1.29. The maximum atomic E-state index is 7.47. The fourth-order valence-electron chi connectivity index (χ4n) is 0. The van der Waals surface area contributed by atoms with E-state index in [0.717, 1.165) is 0 Å². The summed E-state index contributed by atoms with van der Waals surface area (Å²) in [5.41, 5.74) is 0. The van der Waals surface area contributed by atoms with E-state index >= 15 is 0 Å². The van der Waals surface area contributed by atoms with E-state index in [0.29, 0.717) is 0 Å². The van der Waals surface area contributed by atoms with Crippen molar-refractivity contribution in [3.05, 3.63) is 0 Å². The molecule has 0 saturated heterocycles. The SMILES string of the molecule is N#CN=[SH4]. The van der Waals surface area contributed by atoms with Crippen LogP contribution in [0.4, 0.5) is 0 Å². The minimum absolute atomic E-state index is 1.29. The molecule has 0 aromatic carbocycles. The van der Waals surface area contributed by atoms with E-state index in [2.05, 4.69) is 4.36 Å². The molecule has 0 aliphatic carbocycles. The van der Waals surface area contributed by atoms with Gasteiger partial charge in [-0.3, -0.25) is 0 Å². The van der Waals surface area contributed by atoms with Crippen LogP contribution in [-0.4, -0.2) is 0 Å². The van der Waals surface area contributed by atoms with Crippen molar-refractivity contribution in [1.29, 1.82) is 5.26 Å². The third-order valence-corrected chi connectivity index (χ3v) is 0.212. The quantitative estimate of drug-likeness (QED) is 0.345. The summed E-state index contributed by atoms with van der Waals surface area (Å²) in [6.45, 7) is 0. The molecule has 0 aromatic heterocycles. The van der Waals surface area contributed by atoms with Gasteiger partial charge in [0.15, 0.2) is 0 Å². The van der Waals surface area contributed by atoms with E-state index in [1.807, 2.05) is 0 Å². The Morgan fingerprint density at radius 1 is 2.00 bits per heavy atom. The lowest BCUT2D eigenvalue weighted by molar-refractivity contribution is 1.47. The van der Waals surface area contributed by atoms with E-state index in [1.165, 1.54) is 12.4 Å². The predicted molar refractivity (Wildman–Crippen MR) is 21.0 cm³/mol. The average molecular weight is 76.1 g/mol. The number of nitriles is 1. The Hall–Kier alpha value is -0.360. The van der Waals surface area contributed by atoms with Crippen molar-refractivity contribution in [3.63, 3.8) is 0 Å². The highest BCUT2D eigenvalue weighted by Crippen LogP contribution is 1.40. The van der Waals surface area contributed by atoms with Crippen LogP contribution >= 0.6 is 0 Å². The van der Waals surface area contributed by atoms with Gasteiger partial charge in [-0.1, -0.05) is 0 Å². The van der Waals surface area contributed by atoms with Gasteiger partial charge in [-0.05, 0) is 0 Å². The maximum absolute atomic E-state index is 7.47. The van der Waals surface area contributed by atoms with Crippen LogP contribution in [-0.2, 0) is 12.4 Å². The molecule has 0 aliphatic heterocycles. The van der Waals surface area contributed by atoms with Crippen molar-refractivity contribution in [2.24, 2.45) is 4.36 Å². The van der Waals surface area contributed by atoms with Crippen LogP contribution in [0.5, 0.6) is 0 Å². The maximum Gasteiger partial charge on any atom is 0.209 e. The highest BCUT2D eigenvalue weighted by atomic mass is 32.1. The average Bonchev–Trinajstić information content (AvgIpc) is 1.37. The second-order valence-electron chi connectivity index (χ2n) is 0.258. The molecular weight excluding hydrogens is 72.1 g/mol. The summed E-state index contributed by atoms with van der Waals surface area (Å²) in [4.78, 5) is 0. The Labute approximate surface area is 29.2 Å². The van der Waals surface area contributed by atoms with Gasteiger partial charge in [-0.15, -0.1) is 0 Å². The molecule has 0 heterocycles. The Balaban J connectivity index is 2.92. The van der Waals surface area contributed by atoms with Crippen LogP contribution < -0.4 is 0 Å². The normalized spacial score (nSPS) is 4.25. The minimum atomic E-state index is 1.29. The minimum Gasteiger partial charge on any atom is -0.209 e. The summed E-state index contributed by atoms with van der Waals surface area (Å²) in [5, 5.41) is 7.47. The van der Waals surface area contributed by atoms with Gasteiger partial charge in [0.25, 0.3) is 0 Å². The molecule has 3 heteroatoms. The lowest BCUT2D eigenvalue weighted by atomic mass is 11.5. The van der Waals surface area contributed by atoms with Gasteiger partial charge in [0.05, 0.1) is 0 Å². The molecule has 0 radical (unpaired) electrons. The van der Waals surface area contributed by atoms with E-state index in [4.69, 9.17) is 5.26 Å². The van der Waals surface area contributed by atoms with Gasteiger partial charge in [-0.25, -0.2) is 12.4 Å². The molecule has 0 amide bonds. The first kappa shape index (κ1) is 3.64. The van der Waals surface area contributed by atoms with Crippen LogP contribution in [0.1, 0.15) is 0 Å². The molecule has 0 aromatic rings. The lowest BCUT2D eigenvalue weighted by Gasteiger charge is -1.37. The molecule has 0 spiro atoms. The van der Waals surface area contributed by atoms with Gasteiger partial charge in [-0.2, -0.15) is 9.62 Å². The summed E-state index contributed by atoms with van der Waals surface area (Å²) in [5.74, 6) is 0. The fraction of sp³-hybridized carbons (Fsp3) is 0. The van der Waals surface area contributed by atoms with Crippen LogP contribution in [0.2, 0.25) is 0 Å². The Morgan fingerprint density at radius 2 is 2.25 bits per heavy atom. The molecule has 2 nitrogen and oxygen atoms in total. The zero-order valence-electron chi connectivity index (χ0n) is 2.10. The fourth-order valence-corrected chi connectivity index (χ4v) is 0. The third-order valence-electron chi connectivity index (χ3n) is 0.0707. The van der Waals surface area contributed by atoms with E-state index in [-0.39, 0.29) is 0 Å². The number of hydrogen-bond donors (Lipinski definition) is 0. The highest BCUT2D eigenvalue weighted by Gasteiger charge is 1.30. The molecule has 0 N–H and O–H groups in total. The van der Waals surface area contributed by atoms with Crippen LogP contribution in [0.25, 0.3) is 0 Å². The molecule has 0 aliphatic rings. The van der Waals surface area contributed by atoms with Crippen molar-refractivity contribution >= 4 is 12.4 Å². The summed E-state index contributed by atoms with van der Waals surface area (Å²) in [6.07, 6.45) is 1.57. The smallest absolute Gasteiger partial charge is 0.209 e. The van der Waals surface area contributed by atoms with Crippen LogP contribution in [0.3, 0.4) is 0 Å². The molecular formula is CH4N2S. The highest BCUT2D eigenvalue weighted by molar-refractivity contribution is 7.47. The van der Waals surface area contributed by atoms with Crippen LogP contribution in [0.15, 0.2) is 4.36 Å². The predicted octanol–water partition coefficient (Wildman–Crippen LogP) is -0.873. The first-order chi connectivity index (χ1) is 1.91. The zero-order valence-corrected chi connectivity index (χ0v) is 3.52. The first-order valence-electron chi connectivity index (χ1n) is 0.763. The van der Waals surface area contributed by atoms with Crippen molar-refractivity contribution in [3.8, 4) is 6.19 Å².